The van der Waals surface area contributed by atoms with E-state index in [1.165, 1.54) is 35.8 Å². The molecule has 19 heavy (non-hydrogen) atoms. The topological polar surface area (TPSA) is 18.8 Å². The van der Waals surface area contributed by atoms with E-state index in [-0.39, 0.29) is 0 Å². The van der Waals surface area contributed by atoms with Crippen molar-refractivity contribution in [3.05, 3.63) is 33.0 Å². The summed E-state index contributed by atoms with van der Waals surface area (Å²) in [6, 6.07) is 2.29. The van der Waals surface area contributed by atoms with Crippen LogP contribution in [0.2, 0.25) is 0 Å². The second kappa shape index (κ2) is 4.96. The maximum atomic E-state index is 4.60. The van der Waals surface area contributed by atoms with E-state index in [2.05, 4.69) is 31.6 Å². The van der Waals surface area contributed by atoms with Crippen LogP contribution in [0.1, 0.15) is 16.9 Å². The van der Waals surface area contributed by atoms with Gasteiger partial charge in [0.15, 0.2) is 5.17 Å². The zero-order chi connectivity index (χ0) is 12.7. The predicted octanol–water partition coefficient (Wildman–Crippen LogP) is 2.76. The molecule has 5 heteroatoms. The number of fused-ring (bicyclic) bond motifs is 2. The first-order chi connectivity index (χ1) is 9.40. The fourth-order valence-corrected chi connectivity index (χ4v) is 4.76. The predicted molar refractivity (Wildman–Crippen MR) is 82.6 cm³/mol. The summed E-state index contributed by atoms with van der Waals surface area (Å²) >= 11 is 3.71. The van der Waals surface area contributed by atoms with Crippen LogP contribution in [0.15, 0.2) is 27.5 Å². The third-order valence-corrected chi connectivity index (χ3v) is 5.91. The van der Waals surface area contributed by atoms with Gasteiger partial charge in [-0.3, -0.25) is 9.89 Å². The SMILES string of the molecule is C1=C(CN2CCc3sccc3C2)N2CCCN=C2S1. The third-order valence-electron chi connectivity index (χ3n) is 3.94. The molecule has 0 spiro atoms. The number of amidine groups is 1. The highest BCUT2D eigenvalue weighted by atomic mass is 32.2. The summed E-state index contributed by atoms with van der Waals surface area (Å²) in [6.07, 6.45) is 2.41. The third kappa shape index (κ3) is 2.24. The van der Waals surface area contributed by atoms with Gasteiger partial charge in [0.1, 0.15) is 0 Å². The molecule has 0 saturated heterocycles. The number of nitrogens with zero attached hydrogens (tertiary/aromatic N) is 3. The van der Waals surface area contributed by atoms with Gasteiger partial charge in [0.05, 0.1) is 0 Å². The maximum absolute atomic E-state index is 4.60. The van der Waals surface area contributed by atoms with Crippen LogP contribution in [0.5, 0.6) is 0 Å². The monoisotopic (exact) mass is 291 g/mol. The normalized spacial score (nSPS) is 22.8. The first-order valence-corrected chi connectivity index (χ1v) is 8.61. The molecule has 0 bridgehead atoms. The summed E-state index contributed by atoms with van der Waals surface area (Å²) in [7, 11) is 0. The van der Waals surface area contributed by atoms with Crippen LogP contribution in [0.4, 0.5) is 0 Å². The molecule has 0 amide bonds. The number of thiophene rings is 1. The van der Waals surface area contributed by atoms with Crippen LogP contribution in [0.25, 0.3) is 0 Å². The van der Waals surface area contributed by atoms with Crippen molar-refractivity contribution in [1.82, 2.24) is 9.80 Å². The molecule has 0 radical (unpaired) electrons. The Labute approximate surface area is 122 Å². The van der Waals surface area contributed by atoms with E-state index in [4.69, 9.17) is 0 Å². The molecular weight excluding hydrogens is 274 g/mol. The Hall–Kier alpha value is -0.780. The van der Waals surface area contributed by atoms with Gasteiger partial charge in [-0.25, -0.2) is 0 Å². The fourth-order valence-electron chi connectivity index (χ4n) is 2.93. The maximum Gasteiger partial charge on any atom is 0.167 e. The molecule has 100 valence electrons. The zero-order valence-electron chi connectivity index (χ0n) is 10.8. The molecule has 3 nitrogen and oxygen atoms in total. The Kier molecular flexibility index (Phi) is 3.13. The molecule has 3 aliphatic heterocycles. The average Bonchev–Trinajstić information content (AvgIpc) is 3.06. The second-order valence-electron chi connectivity index (χ2n) is 5.23. The van der Waals surface area contributed by atoms with E-state index in [1.54, 1.807) is 16.6 Å². The van der Waals surface area contributed by atoms with Crippen molar-refractivity contribution in [2.75, 3.05) is 26.2 Å². The Morgan fingerprint density at radius 3 is 3.32 bits per heavy atom. The van der Waals surface area contributed by atoms with Crippen LogP contribution < -0.4 is 0 Å². The quantitative estimate of drug-likeness (QED) is 0.835. The summed E-state index contributed by atoms with van der Waals surface area (Å²) in [4.78, 5) is 11.2. The van der Waals surface area contributed by atoms with Crippen LogP contribution in [-0.2, 0) is 13.0 Å². The Bertz CT molecular complexity index is 547. The van der Waals surface area contributed by atoms with Crippen molar-refractivity contribution >= 4 is 28.3 Å². The van der Waals surface area contributed by atoms with Gasteiger partial charge in [0.25, 0.3) is 0 Å². The van der Waals surface area contributed by atoms with Gasteiger partial charge in [-0.2, -0.15) is 0 Å². The molecule has 3 aliphatic rings. The number of hydrogen-bond acceptors (Lipinski definition) is 5. The fraction of sp³-hybridized carbons (Fsp3) is 0.500. The highest BCUT2D eigenvalue weighted by molar-refractivity contribution is 8.16. The largest absolute Gasteiger partial charge is 0.323 e. The minimum atomic E-state index is 1.00. The molecule has 1 aromatic rings. The van der Waals surface area contributed by atoms with Gasteiger partial charge in [-0.15, -0.1) is 11.3 Å². The summed E-state index contributed by atoms with van der Waals surface area (Å²) in [6.45, 7) is 5.52. The van der Waals surface area contributed by atoms with Crippen molar-refractivity contribution in [2.24, 2.45) is 4.99 Å². The van der Waals surface area contributed by atoms with Crippen molar-refractivity contribution in [1.29, 1.82) is 0 Å². The summed E-state index contributed by atoms with van der Waals surface area (Å²) in [5.41, 5.74) is 2.98. The van der Waals surface area contributed by atoms with Gasteiger partial charge in [-0.05, 0) is 35.3 Å². The van der Waals surface area contributed by atoms with Crippen molar-refractivity contribution < 1.29 is 0 Å². The van der Waals surface area contributed by atoms with Crippen LogP contribution >= 0.6 is 23.1 Å². The first-order valence-electron chi connectivity index (χ1n) is 6.85. The van der Waals surface area contributed by atoms with Gasteiger partial charge in [0, 0.05) is 43.3 Å². The van der Waals surface area contributed by atoms with Crippen LogP contribution in [-0.4, -0.2) is 41.1 Å². The van der Waals surface area contributed by atoms with Gasteiger partial charge >= 0.3 is 0 Å². The average molecular weight is 291 g/mol. The molecule has 0 saturated carbocycles. The molecule has 0 aromatic carbocycles. The number of hydrogen-bond donors (Lipinski definition) is 0. The van der Waals surface area contributed by atoms with E-state index in [1.807, 2.05) is 11.3 Å². The lowest BCUT2D eigenvalue weighted by Gasteiger charge is -2.31. The highest BCUT2D eigenvalue weighted by Gasteiger charge is 2.27. The zero-order valence-corrected chi connectivity index (χ0v) is 12.5. The molecule has 4 rings (SSSR count). The van der Waals surface area contributed by atoms with Gasteiger partial charge in [0.2, 0.25) is 0 Å². The van der Waals surface area contributed by atoms with E-state index < -0.39 is 0 Å². The Morgan fingerprint density at radius 2 is 2.32 bits per heavy atom. The summed E-state index contributed by atoms with van der Waals surface area (Å²) in [5, 5.41) is 5.75. The number of rotatable bonds is 2. The summed E-state index contributed by atoms with van der Waals surface area (Å²) in [5.74, 6) is 0. The lowest BCUT2D eigenvalue weighted by atomic mass is 10.1. The van der Waals surface area contributed by atoms with E-state index in [0.717, 1.165) is 26.2 Å². The lowest BCUT2D eigenvalue weighted by molar-refractivity contribution is 0.259. The second-order valence-corrected chi connectivity index (χ2v) is 7.06. The molecule has 0 N–H and O–H groups in total. The molecule has 4 heterocycles. The molecule has 1 aromatic heterocycles. The molecular formula is C14H17N3S2. The van der Waals surface area contributed by atoms with E-state index >= 15 is 0 Å². The lowest BCUT2D eigenvalue weighted by Crippen LogP contribution is -2.37. The first kappa shape index (κ1) is 12.0. The van der Waals surface area contributed by atoms with Crippen LogP contribution in [0, 0.1) is 0 Å². The van der Waals surface area contributed by atoms with Gasteiger partial charge < -0.3 is 4.90 Å². The van der Waals surface area contributed by atoms with Crippen LogP contribution in [0.3, 0.4) is 0 Å². The molecule has 0 aliphatic carbocycles. The van der Waals surface area contributed by atoms with Crippen molar-refractivity contribution in [3.63, 3.8) is 0 Å². The Morgan fingerprint density at radius 1 is 1.32 bits per heavy atom. The minimum Gasteiger partial charge on any atom is -0.323 e. The van der Waals surface area contributed by atoms with Crippen molar-refractivity contribution in [3.8, 4) is 0 Å². The standard InChI is InChI=1S/C14H17N3S2/c1-4-15-14-17(5-1)12(10-19-14)9-16-6-2-13-11(8-16)3-7-18-13/h3,7,10H,1-2,4-6,8-9H2. The van der Waals surface area contributed by atoms with Crippen molar-refractivity contribution in [2.45, 2.75) is 19.4 Å². The van der Waals surface area contributed by atoms with E-state index in [9.17, 15) is 0 Å². The smallest absolute Gasteiger partial charge is 0.167 e. The molecule has 0 fully saturated rings. The van der Waals surface area contributed by atoms with E-state index in [0.29, 0.717) is 0 Å². The Balaban J connectivity index is 1.46. The number of aliphatic imine (C=N–C) groups is 1. The molecule has 0 atom stereocenters. The van der Waals surface area contributed by atoms with Gasteiger partial charge in [-0.1, -0.05) is 11.8 Å². The minimum absolute atomic E-state index is 1.00. The summed E-state index contributed by atoms with van der Waals surface area (Å²) < 4.78 is 0. The number of thioether (sulfide) groups is 1. The molecule has 0 unspecified atom stereocenters. The highest BCUT2D eigenvalue weighted by Crippen LogP contribution is 2.31.